The summed E-state index contributed by atoms with van der Waals surface area (Å²) in [5, 5.41) is 37.8. The Morgan fingerprint density at radius 3 is 1.08 bits per heavy atom. The summed E-state index contributed by atoms with van der Waals surface area (Å²) < 4.78 is 0. The topological polar surface area (TPSA) is 438 Å². The largest absolute Gasteiger partial charge is 0.481 e. The van der Waals surface area contributed by atoms with Gasteiger partial charge in [0.15, 0.2) is 5.96 Å². The monoisotopic (exact) mass is 1150 g/mol. The van der Waals surface area contributed by atoms with Gasteiger partial charge in [-0.2, -0.15) is 0 Å². The van der Waals surface area contributed by atoms with Crippen LogP contribution in [0.25, 0.3) is 0 Å². The number of amides is 8. The van der Waals surface area contributed by atoms with Crippen LogP contribution in [0.5, 0.6) is 0 Å². The van der Waals surface area contributed by atoms with Crippen LogP contribution in [-0.2, 0) is 73.6 Å². The first-order chi connectivity index (χ1) is 39.7. The number of benzene rings is 4. The highest BCUT2D eigenvalue weighted by molar-refractivity contribution is 5.98. The molecule has 0 aliphatic rings. The lowest BCUT2D eigenvalue weighted by Gasteiger charge is -2.28. The number of rotatable bonds is 37. The molecule has 8 amide bonds. The second-order valence-corrected chi connectivity index (χ2v) is 19.8. The molecule has 0 heterocycles. The van der Waals surface area contributed by atoms with Crippen molar-refractivity contribution in [3.05, 3.63) is 144 Å². The predicted molar refractivity (Wildman–Crippen MR) is 308 cm³/mol. The summed E-state index contributed by atoms with van der Waals surface area (Å²) in [5.74, 6) is -9.94. The van der Waals surface area contributed by atoms with E-state index in [1.807, 2.05) is 0 Å². The maximum atomic E-state index is 14.7. The van der Waals surface area contributed by atoms with E-state index < -0.39 is 133 Å². The van der Waals surface area contributed by atoms with Crippen molar-refractivity contribution in [2.24, 2.45) is 33.7 Å². The first-order valence-electron chi connectivity index (χ1n) is 27.2. The van der Waals surface area contributed by atoms with Crippen LogP contribution >= 0.6 is 0 Å². The summed E-state index contributed by atoms with van der Waals surface area (Å²) in [5.41, 5.74) is 30.9. The lowest BCUT2D eigenvalue weighted by atomic mass is 10.0. The fourth-order valence-electron chi connectivity index (χ4n) is 8.67. The molecule has 4 rings (SSSR count). The molecule has 0 saturated carbocycles. The van der Waals surface area contributed by atoms with Crippen molar-refractivity contribution in [1.82, 2.24) is 37.2 Å². The predicted octanol–water partition coefficient (Wildman–Crippen LogP) is -0.924. The van der Waals surface area contributed by atoms with E-state index in [9.17, 15) is 58.2 Å². The first-order valence-corrected chi connectivity index (χ1v) is 27.2. The number of carbonyl (C=O) groups is 10. The fraction of sp³-hybridized carbons (Fsp3) is 0.397. The Balaban J connectivity index is 1.66. The quantitative estimate of drug-likeness (QED) is 0.0147. The summed E-state index contributed by atoms with van der Waals surface area (Å²) in [6.45, 7) is 0.316. The normalized spacial score (nSPS) is 13.8. The van der Waals surface area contributed by atoms with Crippen LogP contribution in [0.3, 0.4) is 0 Å². The second-order valence-electron chi connectivity index (χ2n) is 19.8. The number of nitrogens with two attached hydrogens (primary N) is 5. The maximum Gasteiger partial charge on any atom is 0.326 e. The number of hydrogen-bond donors (Lipinski definition) is 14. The maximum absolute atomic E-state index is 14.7. The van der Waals surface area contributed by atoms with E-state index >= 15 is 0 Å². The first kappa shape index (κ1) is 66.3. The standard InChI is InChI=1S/C58H77N13O12/c59-30-14-13-24-44(57(82)83)68-56(81)47(35-39-22-11-4-12-23-39)69-51(76)41(25-15-31-64-58(62)63)66-54(79)45(33-37-18-7-2-8-19-37)70-52(77)42(26-28-48(61)72)67-55(80)46(34-38-20-9-3-10-21-38)71-53(78)43(27-29-49(73)74)65-50(75)40(60)32-36-16-5-1-6-17-36/h1-12,16-23,40-47H,13-15,24-35,59-60H2,(H2,61,72)(H,65,75)(H,66,79)(H,67,80)(H,68,81)(H,69,76)(H,70,77)(H,71,78)(H,73,74)(H,82,83)(H4,62,63,64)/t40-,41-,42-,43-,44-,45-,46-,47-/m0/s1. The average molecular weight is 1150 g/mol. The molecule has 0 unspecified atom stereocenters. The summed E-state index contributed by atoms with van der Waals surface area (Å²) >= 11 is 0. The molecule has 4 aromatic rings. The van der Waals surface area contributed by atoms with Crippen LogP contribution in [0, 0.1) is 0 Å². The van der Waals surface area contributed by atoms with Crippen molar-refractivity contribution < 1.29 is 58.2 Å². The third kappa shape index (κ3) is 25.0. The molecule has 0 aliphatic heterocycles. The zero-order valence-corrected chi connectivity index (χ0v) is 46.1. The van der Waals surface area contributed by atoms with E-state index in [1.54, 1.807) is 121 Å². The van der Waals surface area contributed by atoms with Gasteiger partial charge in [0.2, 0.25) is 47.3 Å². The molecular formula is C58H77N13O12. The molecule has 0 radical (unpaired) electrons. The van der Waals surface area contributed by atoms with Gasteiger partial charge in [-0.15, -0.1) is 0 Å². The Labute approximate surface area is 481 Å². The number of carboxylic acids is 2. The highest BCUT2D eigenvalue weighted by Crippen LogP contribution is 2.13. The van der Waals surface area contributed by atoms with Crippen molar-refractivity contribution >= 4 is 65.2 Å². The molecule has 0 aliphatic carbocycles. The van der Waals surface area contributed by atoms with Crippen LogP contribution in [0.1, 0.15) is 80.0 Å². The van der Waals surface area contributed by atoms with Crippen LogP contribution in [0.2, 0.25) is 0 Å². The van der Waals surface area contributed by atoms with Gasteiger partial charge in [-0.1, -0.05) is 121 Å². The number of guanidine groups is 1. The summed E-state index contributed by atoms with van der Waals surface area (Å²) in [6.07, 6.45) is -1.26. The van der Waals surface area contributed by atoms with Crippen LogP contribution in [0.4, 0.5) is 0 Å². The zero-order valence-electron chi connectivity index (χ0n) is 46.1. The number of aliphatic imine (C=N–C) groups is 1. The molecule has 25 nitrogen and oxygen atoms in total. The third-order valence-electron chi connectivity index (χ3n) is 13.1. The Kier molecular flexibility index (Phi) is 28.3. The van der Waals surface area contributed by atoms with Crippen LogP contribution in [0.15, 0.2) is 126 Å². The molecule has 0 bridgehead atoms. The summed E-state index contributed by atoms with van der Waals surface area (Å²) in [4.78, 5) is 140. The van der Waals surface area contributed by atoms with E-state index in [4.69, 9.17) is 28.7 Å². The molecular weight excluding hydrogens is 1070 g/mol. The number of carboxylic acid groups (broad SMARTS) is 2. The zero-order chi connectivity index (χ0) is 60.7. The highest BCUT2D eigenvalue weighted by Gasteiger charge is 2.35. The van der Waals surface area contributed by atoms with Gasteiger partial charge >= 0.3 is 11.9 Å². The van der Waals surface area contributed by atoms with E-state index in [2.05, 4.69) is 42.2 Å². The van der Waals surface area contributed by atoms with Crippen LogP contribution < -0.4 is 65.9 Å². The molecule has 25 heteroatoms. The smallest absolute Gasteiger partial charge is 0.326 e. The summed E-state index contributed by atoms with van der Waals surface area (Å²) in [6, 6.07) is 22.9. The minimum absolute atomic E-state index is 0.0106. The van der Waals surface area contributed by atoms with Gasteiger partial charge in [-0.05, 0) is 80.2 Å². The van der Waals surface area contributed by atoms with Gasteiger partial charge in [-0.25, -0.2) is 4.79 Å². The minimum Gasteiger partial charge on any atom is -0.481 e. The van der Waals surface area contributed by atoms with Crippen molar-refractivity contribution in [3.63, 3.8) is 0 Å². The highest BCUT2D eigenvalue weighted by atomic mass is 16.4. The number of aliphatic carboxylic acids is 2. The van der Waals surface area contributed by atoms with E-state index in [1.165, 1.54) is 0 Å². The number of nitrogens with zero attached hydrogens (tertiary/aromatic N) is 1. The Morgan fingerprint density at radius 2 is 0.723 bits per heavy atom. The Hall–Kier alpha value is -9.23. The number of carbonyl (C=O) groups excluding carboxylic acids is 8. The van der Waals surface area contributed by atoms with Gasteiger partial charge in [0.1, 0.15) is 42.3 Å². The van der Waals surface area contributed by atoms with Gasteiger partial charge in [0.05, 0.1) is 6.04 Å². The molecule has 83 heavy (non-hydrogen) atoms. The molecule has 19 N–H and O–H groups in total. The molecule has 0 spiro atoms. The molecule has 4 aromatic carbocycles. The molecule has 446 valence electrons. The Bertz CT molecular complexity index is 2790. The summed E-state index contributed by atoms with van der Waals surface area (Å²) in [7, 11) is 0. The van der Waals surface area contributed by atoms with Crippen LogP contribution in [-0.4, -0.2) is 137 Å². The average Bonchev–Trinajstić information content (AvgIpc) is 3.59. The number of primary amides is 1. The van der Waals surface area contributed by atoms with Gasteiger partial charge in [0, 0.05) is 38.6 Å². The number of unbranched alkanes of at least 4 members (excludes halogenated alkanes) is 1. The second kappa shape index (κ2) is 35.5. The van der Waals surface area contributed by atoms with Gasteiger partial charge < -0.3 is 76.1 Å². The van der Waals surface area contributed by atoms with Crippen molar-refractivity contribution in [1.29, 1.82) is 0 Å². The van der Waals surface area contributed by atoms with Crippen molar-refractivity contribution in [3.8, 4) is 0 Å². The Morgan fingerprint density at radius 1 is 0.398 bits per heavy atom. The lowest BCUT2D eigenvalue weighted by Crippen LogP contribution is -2.61. The molecule has 0 aromatic heterocycles. The fourth-order valence-corrected chi connectivity index (χ4v) is 8.67. The van der Waals surface area contributed by atoms with Gasteiger partial charge in [-0.3, -0.25) is 48.1 Å². The van der Waals surface area contributed by atoms with E-state index in [-0.39, 0.29) is 57.5 Å². The lowest BCUT2D eigenvalue weighted by molar-refractivity contribution is -0.142. The third-order valence-corrected chi connectivity index (χ3v) is 13.1. The van der Waals surface area contributed by atoms with Gasteiger partial charge in [0.25, 0.3) is 0 Å². The molecule has 0 saturated heterocycles. The molecule has 8 atom stereocenters. The number of nitrogens with one attached hydrogen (secondary N) is 7. The van der Waals surface area contributed by atoms with E-state index in [0.717, 1.165) is 5.56 Å². The van der Waals surface area contributed by atoms with Crippen molar-refractivity contribution in [2.45, 2.75) is 132 Å². The van der Waals surface area contributed by atoms with Crippen molar-refractivity contribution in [2.75, 3.05) is 13.1 Å². The SMILES string of the molecule is NCCCC[C@H](NC(=O)[C@H](Cc1ccccc1)NC(=O)[C@H](CCCN=C(N)N)NC(=O)[C@H](Cc1ccccc1)NC(=O)[C@H](CCC(N)=O)NC(=O)[C@H](Cc1ccccc1)NC(=O)[C@H](CCC(=O)O)NC(=O)[C@@H](N)Cc1ccccc1)C(=O)O. The minimum atomic E-state index is -1.62. The van der Waals surface area contributed by atoms with E-state index in [0.29, 0.717) is 36.1 Å². The molecule has 0 fully saturated rings. The number of hydrogen-bond acceptors (Lipinski definition) is 13.